The van der Waals surface area contributed by atoms with Crippen LogP contribution < -0.4 is 0 Å². The topological polar surface area (TPSA) is 67.2 Å². The van der Waals surface area contributed by atoms with E-state index in [0.29, 0.717) is 13.0 Å². The highest BCUT2D eigenvalue weighted by Gasteiger charge is 2.31. The largest absolute Gasteiger partial charge is 0.444 e. The maximum atomic E-state index is 12.8. The van der Waals surface area contributed by atoms with Crippen molar-refractivity contribution in [2.24, 2.45) is 0 Å². The van der Waals surface area contributed by atoms with Gasteiger partial charge in [0.1, 0.15) is 5.60 Å². The number of fused-ring (bicyclic) bond motifs is 1. The molecule has 1 aliphatic rings. The lowest BCUT2D eigenvalue weighted by atomic mass is 10.0. The molecule has 0 aliphatic carbocycles. The highest BCUT2D eigenvalue weighted by molar-refractivity contribution is 7.15. The van der Waals surface area contributed by atoms with E-state index < -0.39 is 5.60 Å². The molecule has 0 saturated carbocycles. The van der Waals surface area contributed by atoms with Crippen LogP contribution in [0.25, 0.3) is 4.96 Å². The second-order valence-corrected chi connectivity index (χ2v) is 8.55. The molecule has 0 N–H and O–H groups in total. The fourth-order valence-electron chi connectivity index (χ4n) is 3.15. The molecule has 7 nitrogen and oxygen atoms in total. The number of aromatic nitrogens is 2. The fraction of sp³-hybridized carbons (Fsp3) is 0.611. The Labute approximate surface area is 157 Å². The number of hydrogen-bond donors (Lipinski definition) is 0. The predicted molar refractivity (Wildman–Crippen MR) is 100 cm³/mol. The van der Waals surface area contributed by atoms with Gasteiger partial charge in [0.05, 0.1) is 12.5 Å². The van der Waals surface area contributed by atoms with Gasteiger partial charge in [0.15, 0.2) is 4.96 Å². The summed E-state index contributed by atoms with van der Waals surface area (Å²) in [6.07, 6.45) is 5.39. The molecule has 0 bridgehead atoms. The molecule has 3 heterocycles. The van der Waals surface area contributed by atoms with E-state index in [0.717, 1.165) is 30.0 Å². The van der Waals surface area contributed by atoms with Crippen molar-refractivity contribution >= 4 is 28.3 Å². The molecule has 142 valence electrons. The lowest BCUT2D eigenvalue weighted by molar-refractivity contribution is -0.132. The van der Waals surface area contributed by atoms with Gasteiger partial charge in [0.25, 0.3) is 0 Å². The van der Waals surface area contributed by atoms with Crippen molar-refractivity contribution in [3.63, 3.8) is 0 Å². The van der Waals surface area contributed by atoms with Crippen LogP contribution in [0.2, 0.25) is 0 Å². The Morgan fingerprint density at radius 2 is 2.19 bits per heavy atom. The molecule has 1 aliphatic heterocycles. The summed E-state index contributed by atoms with van der Waals surface area (Å²) in [5.41, 5.74) is 0.431. The molecule has 1 atom stereocenters. The van der Waals surface area contributed by atoms with Gasteiger partial charge in [-0.25, -0.2) is 9.78 Å². The van der Waals surface area contributed by atoms with Crippen LogP contribution in [-0.2, 0) is 16.0 Å². The number of nitrogens with zero attached hydrogens (tertiary/aromatic N) is 4. The Hall–Kier alpha value is -2.09. The maximum Gasteiger partial charge on any atom is 0.410 e. The Morgan fingerprint density at radius 1 is 1.42 bits per heavy atom. The zero-order valence-electron chi connectivity index (χ0n) is 15.8. The molecule has 0 radical (unpaired) electrons. The van der Waals surface area contributed by atoms with Gasteiger partial charge in [0.2, 0.25) is 5.91 Å². The van der Waals surface area contributed by atoms with E-state index in [-0.39, 0.29) is 18.0 Å². The van der Waals surface area contributed by atoms with Gasteiger partial charge in [-0.3, -0.25) is 9.20 Å². The predicted octanol–water partition coefficient (Wildman–Crippen LogP) is 2.80. The number of ether oxygens (including phenoxy) is 1. The Kier molecular flexibility index (Phi) is 5.22. The number of thiazole rings is 1. The van der Waals surface area contributed by atoms with Crippen molar-refractivity contribution in [2.75, 3.05) is 20.1 Å². The number of hydrogen-bond acceptors (Lipinski definition) is 5. The van der Waals surface area contributed by atoms with Gasteiger partial charge in [-0.2, -0.15) is 0 Å². The van der Waals surface area contributed by atoms with Crippen LogP contribution in [0.1, 0.15) is 39.3 Å². The Balaban J connectivity index is 1.61. The van der Waals surface area contributed by atoms with Crippen LogP contribution in [0.15, 0.2) is 17.8 Å². The summed E-state index contributed by atoms with van der Waals surface area (Å²) in [5, 5.41) is 1.98. The molecule has 0 unspecified atom stereocenters. The first-order valence-corrected chi connectivity index (χ1v) is 9.75. The quantitative estimate of drug-likeness (QED) is 0.824. The fourth-order valence-corrected chi connectivity index (χ4v) is 4.00. The Morgan fingerprint density at radius 3 is 2.92 bits per heavy atom. The van der Waals surface area contributed by atoms with Crippen LogP contribution >= 0.6 is 11.3 Å². The minimum absolute atomic E-state index is 0.0155. The first kappa shape index (κ1) is 18.7. The maximum absolute atomic E-state index is 12.8. The van der Waals surface area contributed by atoms with Crippen LogP contribution in [0, 0.1) is 0 Å². The van der Waals surface area contributed by atoms with E-state index in [1.807, 2.05) is 41.6 Å². The normalized spacial score (nSPS) is 18.2. The number of carbonyl (C=O) groups is 2. The molecule has 0 aromatic carbocycles. The Bertz CT molecular complexity index is 792. The molecular weight excluding hydrogens is 352 g/mol. The van der Waals surface area contributed by atoms with Crippen LogP contribution in [0.4, 0.5) is 4.79 Å². The number of likely N-dealkylation sites (N-methyl/N-ethyl adjacent to an activating group) is 1. The smallest absolute Gasteiger partial charge is 0.410 e. The van der Waals surface area contributed by atoms with E-state index in [1.165, 1.54) is 11.3 Å². The molecule has 2 amide bonds. The van der Waals surface area contributed by atoms with Crippen molar-refractivity contribution in [3.8, 4) is 0 Å². The summed E-state index contributed by atoms with van der Waals surface area (Å²) in [6, 6.07) is -0.0155. The van der Waals surface area contributed by atoms with Crippen molar-refractivity contribution in [3.05, 3.63) is 23.5 Å². The van der Waals surface area contributed by atoms with Crippen molar-refractivity contribution < 1.29 is 14.3 Å². The molecule has 1 saturated heterocycles. The van der Waals surface area contributed by atoms with Crippen LogP contribution in [-0.4, -0.2) is 63.0 Å². The molecule has 2 aromatic rings. The molecular formula is C18H26N4O3S. The second-order valence-electron chi connectivity index (χ2n) is 7.71. The minimum Gasteiger partial charge on any atom is -0.444 e. The summed E-state index contributed by atoms with van der Waals surface area (Å²) < 4.78 is 7.40. The van der Waals surface area contributed by atoms with Crippen molar-refractivity contribution in [2.45, 2.75) is 51.7 Å². The summed E-state index contributed by atoms with van der Waals surface area (Å²) in [7, 11) is 1.75. The van der Waals surface area contributed by atoms with Crippen molar-refractivity contribution in [1.29, 1.82) is 0 Å². The van der Waals surface area contributed by atoms with Crippen LogP contribution in [0.3, 0.4) is 0 Å². The van der Waals surface area contributed by atoms with Gasteiger partial charge in [-0.1, -0.05) is 0 Å². The van der Waals surface area contributed by atoms with Crippen molar-refractivity contribution in [1.82, 2.24) is 19.2 Å². The van der Waals surface area contributed by atoms with E-state index in [1.54, 1.807) is 18.1 Å². The van der Waals surface area contributed by atoms with E-state index in [9.17, 15) is 9.59 Å². The highest BCUT2D eigenvalue weighted by Crippen LogP contribution is 2.20. The third-order valence-electron chi connectivity index (χ3n) is 4.53. The second kappa shape index (κ2) is 7.26. The number of imidazole rings is 1. The number of piperidine rings is 1. The number of amides is 2. The average Bonchev–Trinajstić information content (AvgIpc) is 3.17. The SMILES string of the molecule is CN(C(=O)OC(C)(C)C)[C@@H]1CCCN(C(=O)Cc2csc3nccn23)C1. The summed E-state index contributed by atoms with van der Waals surface area (Å²) in [5.74, 6) is 0.0840. The molecule has 8 heteroatoms. The number of rotatable bonds is 3. The minimum atomic E-state index is -0.523. The number of likely N-dealkylation sites (tertiary alicyclic amines) is 1. The first-order chi connectivity index (χ1) is 12.2. The summed E-state index contributed by atoms with van der Waals surface area (Å²) >= 11 is 1.54. The van der Waals surface area contributed by atoms with E-state index in [2.05, 4.69) is 4.98 Å². The average molecular weight is 378 g/mol. The third-order valence-corrected chi connectivity index (χ3v) is 5.43. The van der Waals surface area contributed by atoms with E-state index >= 15 is 0 Å². The van der Waals surface area contributed by atoms with Gasteiger partial charge in [-0.05, 0) is 33.6 Å². The van der Waals surface area contributed by atoms with Crippen LogP contribution in [0.5, 0.6) is 0 Å². The number of carbonyl (C=O) groups excluding carboxylic acids is 2. The lowest BCUT2D eigenvalue weighted by Gasteiger charge is -2.38. The lowest BCUT2D eigenvalue weighted by Crippen LogP contribution is -2.51. The summed E-state index contributed by atoms with van der Waals surface area (Å²) in [6.45, 7) is 6.84. The van der Waals surface area contributed by atoms with Gasteiger partial charge in [-0.15, -0.1) is 11.3 Å². The summed E-state index contributed by atoms with van der Waals surface area (Å²) in [4.78, 5) is 33.7. The molecule has 3 rings (SSSR count). The van der Waals surface area contributed by atoms with Gasteiger partial charge >= 0.3 is 6.09 Å². The zero-order chi connectivity index (χ0) is 18.9. The third kappa shape index (κ3) is 4.17. The van der Waals surface area contributed by atoms with Gasteiger partial charge < -0.3 is 14.5 Å². The first-order valence-electron chi connectivity index (χ1n) is 8.87. The molecule has 0 spiro atoms. The molecule has 2 aromatic heterocycles. The highest BCUT2D eigenvalue weighted by atomic mass is 32.1. The molecule has 26 heavy (non-hydrogen) atoms. The zero-order valence-corrected chi connectivity index (χ0v) is 16.6. The van der Waals surface area contributed by atoms with Gasteiger partial charge in [0, 0.05) is 43.6 Å². The monoisotopic (exact) mass is 378 g/mol. The molecule has 1 fully saturated rings. The standard InChI is InChI=1S/C18H26N4O3S/c1-18(2,3)25-17(24)20(4)13-6-5-8-21(11-13)15(23)10-14-12-26-16-19-7-9-22(14)16/h7,9,12-13H,5-6,8,10-11H2,1-4H3/t13-/m1/s1. The van der Waals surface area contributed by atoms with E-state index in [4.69, 9.17) is 4.74 Å².